The molecule has 1 heterocycles. The number of hydrogen-bond acceptors (Lipinski definition) is 5. The normalized spacial score (nSPS) is 11.0. The number of halogens is 1. The summed E-state index contributed by atoms with van der Waals surface area (Å²) in [6, 6.07) is 8.97. The van der Waals surface area contributed by atoms with Crippen molar-refractivity contribution >= 4 is 35.8 Å². The van der Waals surface area contributed by atoms with Gasteiger partial charge < -0.3 is 25.2 Å². The number of methoxy groups -OCH3 is 1. The first kappa shape index (κ1) is 24.7. The monoisotopic (exact) mass is 515 g/mol. The molecule has 0 aliphatic heterocycles. The van der Waals surface area contributed by atoms with Crippen molar-refractivity contribution in [1.29, 1.82) is 0 Å². The molecule has 1 amide bonds. The molecule has 29 heavy (non-hydrogen) atoms. The number of amides is 1. The molecule has 160 valence electrons. The van der Waals surface area contributed by atoms with Crippen molar-refractivity contribution in [2.75, 3.05) is 26.7 Å². The van der Waals surface area contributed by atoms with Crippen LogP contribution in [-0.4, -0.2) is 43.8 Å². The lowest BCUT2D eigenvalue weighted by molar-refractivity contribution is 0.0954. The first-order chi connectivity index (χ1) is 13.5. The van der Waals surface area contributed by atoms with Crippen LogP contribution in [0.2, 0.25) is 0 Å². The van der Waals surface area contributed by atoms with Crippen molar-refractivity contribution < 1.29 is 14.1 Å². The van der Waals surface area contributed by atoms with Gasteiger partial charge in [0.1, 0.15) is 12.3 Å². The van der Waals surface area contributed by atoms with Crippen LogP contribution >= 0.6 is 24.0 Å². The third-order valence-corrected chi connectivity index (χ3v) is 3.94. The number of aliphatic imine (C=N–C) groups is 1. The highest BCUT2D eigenvalue weighted by atomic mass is 127. The Balaban J connectivity index is 0.00000420. The van der Waals surface area contributed by atoms with Gasteiger partial charge >= 0.3 is 0 Å². The van der Waals surface area contributed by atoms with Gasteiger partial charge in [-0.1, -0.05) is 25.1 Å². The van der Waals surface area contributed by atoms with E-state index in [1.165, 1.54) is 0 Å². The van der Waals surface area contributed by atoms with Gasteiger partial charge in [0, 0.05) is 31.3 Å². The van der Waals surface area contributed by atoms with E-state index in [4.69, 9.17) is 9.26 Å². The smallest absolute Gasteiger partial charge is 0.251 e. The number of nitrogens with zero attached hydrogens (tertiary/aromatic N) is 2. The number of nitrogens with one attached hydrogen (secondary N) is 3. The van der Waals surface area contributed by atoms with E-state index >= 15 is 0 Å². The molecule has 0 aliphatic rings. The van der Waals surface area contributed by atoms with Gasteiger partial charge in [0.05, 0.1) is 12.8 Å². The minimum Gasteiger partial charge on any atom is -0.497 e. The molecule has 0 atom stereocenters. The molecule has 1 aromatic carbocycles. The maximum Gasteiger partial charge on any atom is 0.251 e. The van der Waals surface area contributed by atoms with Crippen LogP contribution in [-0.2, 0) is 6.54 Å². The zero-order chi connectivity index (χ0) is 20.4. The average molecular weight is 515 g/mol. The first-order valence-corrected chi connectivity index (χ1v) is 9.43. The molecule has 0 unspecified atom stereocenters. The van der Waals surface area contributed by atoms with E-state index in [2.05, 4.69) is 39.9 Å². The number of carbonyl (C=O) groups excluding carboxylic acids is 1. The second kappa shape index (κ2) is 13.0. The first-order valence-electron chi connectivity index (χ1n) is 9.43. The van der Waals surface area contributed by atoms with Gasteiger partial charge in [0.25, 0.3) is 5.91 Å². The van der Waals surface area contributed by atoms with E-state index in [-0.39, 0.29) is 29.9 Å². The van der Waals surface area contributed by atoms with Gasteiger partial charge in [0.2, 0.25) is 0 Å². The summed E-state index contributed by atoms with van der Waals surface area (Å²) in [5.41, 5.74) is 1.48. The Kier molecular flexibility index (Phi) is 11.1. The Morgan fingerprint density at radius 1 is 1.21 bits per heavy atom. The van der Waals surface area contributed by atoms with Crippen LogP contribution in [0, 0.1) is 0 Å². The zero-order valence-electron chi connectivity index (χ0n) is 17.3. The fourth-order valence-electron chi connectivity index (χ4n) is 2.40. The quantitative estimate of drug-likeness (QED) is 0.206. The van der Waals surface area contributed by atoms with Crippen molar-refractivity contribution in [3.63, 3.8) is 0 Å². The molecule has 0 spiro atoms. The lowest BCUT2D eigenvalue weighted by Gasteiger charge is -2.11. The molecule has 9 heteroatoms. The molecule has 2 rings (SSSR count). The van der Waals surface area contributed by atoms with Gasteiger partial charge in [-0.2, -0.15) is 0 Å². The Morgan fingerprint density at radius 3 is 2.62 bits per heavy atom. The van der Waals surface area contributed by atoms with Crippen LogP contribution < -0.4 is 20.7 Å². The molecule has 2 aromatic rings. The highest BCUT2D eigenvalue weighted by molar-refractivity contribution is 14.0. The van der Waals surface area contributed by atoms with Crippen molar-refractivity contribution in [2.24, 2.45) is 4.99 Å². The van der Waals surface area contributed by atoms with Crippen molar-refractivity contribution in [3.05, 3.63) is 47.3 Å². The van der Waals surface area contributed by atoms with Crippen LogP contribution in [0.1, 0.15) is 48.5 Å². The second-order valence-corrected chi connectivity index (χ2v) is 6.48. The number of carbonyl (C=O) groups is 1. The highest BCUT2D eigenvalue weighted by Gasteiger charge is 2.08. The van der Waals surface area contributed by atoms with Gasteiger partial charge in [-0.25, -0.2) is 4.99 Å². The van der Waals surface area contributed by atoms with Crippen LogP contribution in [0.15, 0.2) is 39.8 Å². The Bertz CT molecular complexity index is 792. The molecule has 0 bridgehead atoms. The fourth-order valence-corrected chi connectivity index (χ4v) is 2.40. The minimum atomic E-state index is -0.148. The van der Waals surface area contributed by atoms with E-state index in [9.17, 15) is 4.79 Å². The van der Waals surface area contributed by atoms with E-state index in [1.807, 2.05) is 13.0 Å². The van der Waals surface area contributed by atoms with Crippen LogP contribution in [0.4, 0.5) is 0 Å². The van der Waals surface area contributed by atoms with E-state index in [0.717, 1.165) is 12.2 Å². The zero-order valence-corrected chi connectivity index (χ0v) is 19.7. The standard InChI is InChI=1S/C20H29N5O3.HI/c1-5-21-20(24-13-17-12-18(14(2)3)25-28-17)23-10-9-22-19(26)15-7-6-8-16(11-15)27-4;/h6-8,11-12,14H,5,9-10,13H2,1-4H3,(H,22,26)(H2,21,23,24);1H. The topological polar surface area (TPSA) is 101 Å². The van der Waals surface area contributed by atoms with E-state index in [0.29, 0.717) is 48.6 Å². The SMILES string of the molecule is CCNC(=NCc1cc(C(C)C)no1)NCCNC(=O)c1cccc(OC)c1.I. The lowest BCUT2D eigenvalue weighted by Crippen LogP contribution is -2.41. The summed E-state index contributed by atoms with van der Waals surface area (Å²) in [4.78, 5) is 16.7. The number of ether oxygens (including phenoxy) is 1. The predicted octanol–water partition coefficient (Wildman–Crippen LogP) is 2.91. The summed E-state index contributed by atoms with van der Waals surface area (Å²) in [7, 11) is 1.57. The summed E-state index contributed by atoms with van der Waals surface area (Å²) in [6.07, 6.45) is 0. The number of benzene rings is 1. The number of guanidine groups is 1. The number of hydrogen-bond donors (Lipinski definition) is 3. The summed E-state index contributed by atoms with van der Waals surface area (Å²) in [5.74, 6) is 2.19. The number of aromatic nitrogens is 1. The van der Waals surface area contributed by atoms with E-state index < -0.39 is 0 Å². The molecular weight excluding hydrogens is 485 g/mol. The maximum atomic E-state index is 12.2. The van der Waals surface area contributed by atoms with Gasteiger partial charge in [-0.15, -0.1) is 24.0 Å². The molecule has 3 N–H and O–H groups in total. The Morgan fingerprint density at radius 2 is 1.97 bits per heavy atom. The average Bonchev–Trinajstić information content (AvgIpc) is 3.18. The van der Waals surface area contributed by atoms with Crippen LogP contribution in [0.3, 0.4) is 0 Å². The lowest BCUT2D eigenvalue weighted by atomic mass is 10.1. The predicted molar refractivity (Wildman–Crippen MR) is 124 cm³/mol. The minimum absolute atomic E-state index is 0. The Labute approximate surface area is 188 Å². The second-order valence-electron chi connectivity index (χ2n) is 6.48. The largest absolute Gasteiger partial charge is 0.497 e. The molecule has 0 saturated carbocycles. The molecule has 0 fully saturated rings. The molecule has 0 saturated heterocycles. The summed E-state index contributed by atoms with van der Waals surface area (Å²) >= 11 is 0. The van der Waals surface area contributed by atoms with Crippen molar-refractivity contribution in [2.45, 2.75) is 33.2 Å². The van der Waals surface area contributed by atoms with E-state index in [1.54, 1.807) is 31.4 Å². The van der Waals surface area contributed by atoms with Gasteiger partial charge in [-0.3, -0.25) is 4.79 Å². The van der Waals surface area contributed by atoms with Crippen LogP contribution in [0.5, 0.6) is 5.75 Å². The Hall–Kier alpha value is -2.30. The number of rotatable bonds is 9. The molecule has 0 radical (unpaired) electrons. The molecule has 1 aromatic heterocycles. The summed E-state index contributed by atoms with van der Waals surface area (Å²) in [6.45, 7) is 8.25. The summed E-state index contributed by atoms with van der Waals surface area (Å²) in [5, 5.41) is 13.3. The third-order valence-electron chi connectivity index (χ3n) is 3.94. The third kappa shape index (κ3) is 8.30. The van der Waals surface area contributed by atoms with Gasteiger partial charge in [0.15, 0.2) is 11.7 Å². The van der Waals surface area contributed by atoms with Gasteiger partial charge in [-0.05, 0) is 31.0 Å². The van der Waals surface area contributed by atoms with Crippen molar-refractivity contribution in [1.82, 2.24) is 21.1 Å². The van der Waals surface area contributed by atoms with Crippen LogP contribution in [0.25, 0.3) is 0 Å². The molecule has 0 aliphatic carbocycles. The summed E-state index contributed by atoms with van der Waals surface area (Å²) < 4.78 is 10.4. The molecule has 8 nitrogen and oxygen atoms in total. The maximum absolute atomic E-state index is 12.2. The van der Waals surface area contributed by atoms with Crippen molar-refractivity contribution in [3.8, 4) is 5.75 Å². The fraction of sp³-hybridized carbons (Fsp3) is 0.450. The highest BCUT2D eigenvalue weighted by Crippen LogP contribution is 2.14. The molecular formula is C20H30IN5O3.